The smallest absolute Gasteiger partial charge is 0.335 e. The van der Waals surface area contributed by atoms with Crippen molar-refractivity contribution in [2.45, 2.75) is 40.5 Å². The highest BCUT2D eigenvalue weighted by molar-refractivity contribution is 5.90. The lowest BCUT2D eigenvalue weighted by atomic mass is 9.88. The lowest BCUT2D eigenvalue weighted by molar-refractivity contribution is -0.120. The number of carbonyl (C=O) groups excluding carboxylic acids is 1. The van der Waals surface area contributed by atoms with Gasteiger partial charge in [0.15, 0.2) is 0 Å². The van der Waals surface area contributed by atoms with Gasteiger partial charge in [0.05, 0.1) is 5.56 Å². The minimum atomic E-state index is -0.947. The summed E-state index contributed by atoms with van der Waals surface area (Å²) in [7, 11) is 0. The maximum atomic E-state index is 11.8. The van der Waals surface area contributed by atoms with Gasteiger partial charge in [-0.3, -0.25) is 4.79 Å². The molecule has 18 heavy (non-hydrogen) atoms. The standard InChI is InChI=1S/C15H20O3/c1-10-5-6-11(8-13(10)14(17)18)7-12(16)9-15(2,3)4/h5-6,8H,7,9H2,1-4H3,(H,17,18). The number of ketones is 1. The van der Waals surface area contributed by atoms with Crippen LogP contribution in [0.5, 0.6) is 0 Å². The first kappa shape index (κ1) is 14.4. The minimum Gasteiger partial charge on any atom is -0.478 e. The molecule has 1 aromatic rings. The van der Waals surface area contributed by atoms with Gasteiger partial charge in [0, 0.05) is 12.8 Å². The molecule has 3 heteroatoms. The molecule has 0 aliphatic carbocycles. The molecule has 0 aliphatic heterocycles. The van der Waals surface area contributed by atoms with E-state index in [4.69, 9.17) is 5.11 Å². The first-order chi connectivity index (χ1) is 8.19. The van der Waals surface area contributed by atoms with Crippen molar-refractivity contribution in [3.8, 4) is 0 Å². The van der Waals surface area contributed by atoms with E-state index in [0.29, 0.717) is 12.8 Å². The lowest BCUT2D eigenvalue weighted by Gasteiger charge is -2.16. The third-order valence-corrected chi connectivity index (χ3v) is 2.66. The summed E-state index contributed by atoms with van der Waals surface area (Å²) in [4.78, 5) is 22.9. The van der Waals surface area contributed by atoms with Crippen molar-refractivity contribution in [2.24, 2.45) is 5.41 Å². The predicted molar refractivity (Wildman–Crippen MR) is 70.9 cm³/mol. The molecule has 1 rings (SSSR count). The Morgan fingerprint density at radius 1 is 1.22 bits per heavy atom. The van der Waals surface area contributed by atoms with Gasteiger partial charge in [0.1, 0.15) is 5.78 Å². The zero-order chi connectivity index (χ0) is 13.9. The van der Waals surface area contributed by atoms with Crippen LogP contribution in [0.25, 0.3) is 0 Å². The molecule has 0 radical (unpaired) electrons. The van der Waals surface area contributed by atoms with Crippen LogP contribution < -0.4 is 0 Å². The van der Waals surface area contributed by atoms with Crippen molar-refractivity contribution in [3.05, 3.63) is 34.9 Å². The van der Waals surface area contributed by atoms with Crippen molar-refractivity contribution in [3.63, 3.8) is 0 Å². The molecule has 1 N–H and O–H groups in total. The molecule has 0 spiro atoms. The molecule has 98 valence electrons. The van der Waals surface area contributed by atoms with Crippen LogP contribution in [0.4, 0.5) is 0 Å². The number of hydrogen-bond acceptors (Lipinski definition) is 2. The van der Waals surface area contributed by atoms with Crippen LogP contribution in [0, 0.1) is 12.3 Å². The van der Waals surface area contributed by atoms with Gasteiger partial charge >= 0.3 is 5.97 Å². The van der Waals surface area contributed by atoms with Gasteiger partial charge in [-0.15, -0.1) is 0 Å². The molecule has 0 saturated heterocycles. The maximum Gasteiger partial charge on any atom is 0.335 e. The average Bonchev–Trinajstić information content (AvgIpc) is 2.17. The van der Waals surface area contributed by atoms with E-state index in [1.807, 2.05) is 26.8 Å². The summed E-state index contributed by atoms with van der Waals surface area (Å²) in [5, 5.41) is 9.03. The molecular weight excluding hydrogens is 228 g/mol. The third-order valence-electron chi connectivity index (χ3n) is 2.66. The highest BCUT2D eigenvalue weighted by Gasteiger charge is 2.17. The first-order valence-corrected chi connectivity index (χ1v) is 6.03. The largest absolute Gasteiger partial charge is 0.478 e. The van der Waals surface area contributed by atoms with Crippen LogP contribution in [0.2, 0.25) is 0 Å². The summed E-state index contributed by atoms with van der Waals surface area (Å²) in [5.74, 6) is -0.805. The molecule has 1 aromatic carbocycles. The van der Waals surface area contributed by atoms with Crippen LogP contribution >= 0.6 is 0 Å². The van der Waals surface area contributed by atoms with Gasteiger partial charge in [0.2, 0.25) is 0 Å². The van der Waals surface area contributed by atoms with E-state index in [1.165, 1.54) is 0 Å². The average molecular weight is 248 g/mol. The number of Topliss-reactive ketones (excluding diaryl/α,β-unsaturated/α-hetero) is 1. The Bertz CT molecular complexity index is 467. The van der Waals surface area contributed by atoms with Gasteiger partial charge in [-0.1, -0.05) is 32.9 Å². The number of benzene rings is 1. The second-order valence-electron chi connectivity index (χ2n) is 5.91. The highest BCUT2D eigenvalue weighted by atomic mass is 16.4. The SMILES string of the molecule is Cc1ccc(CC(=O)CC(C)(C)C)cc1C(=O)O. The number of rotatable bonds is 4. The van der Waals surface area contributed by atoms with Gasteiger partial charge in [-0.2, -0.15) is 0 Å². The Labute approximate surface area is 108 Å². The van der Waals surface area contributed by atoms with Crippen LogP contribution in [-0.2, 0) is 11.2 Å². The summed E-state index contributed by atoms with van der Waals surface area (Å²) in [5.41, 5.74) is 1.73. The quantitative estimate of drug-likeness (QED) is 0.890. The Morgan fingerprint density at radius 3 is 2.33 bits per heavy atom. The van der Waals surface area contributed by atoms with Crippen LogP contribution in [0.15, 0.2) is 18.2 Å². The molecule has 0 aliphatic rings. The topological polar surface area (TPSA) is 54.4 Å². The summed E-state index contributed by atoms with van der Waals surface area (Å²) in [6.07, 6.45) is 0.807. The minimum absolute atomic E-state index is 0.0303. The molecule has 3 nitrogen and oxygen atoms in total. The van der Waals surface area contributed by atoms with Gasteiger partial charge in [-0.05, 0) is 29.5 Å². The normalized spacial score (nSPS) is 11.3. The number of carbonyl (C=O) groups is 2. The number of carboxylic acids is 1. The fraction of sp³-hybridized carbons (Fsp3) is 0.467. The molecule has 0 saturated carbocycles. The Hall–Kier alpha value is -1.64. The van der Waals surface area contributed by atoms with Crippen LogP contribution in [-0.4, -0.2) is 16.9 Å². The fourth-order valence-corrected chi connectivity index (χ4v) is 1.89. The maximum absolute atomic E-state index is 11.8. The molecule has 0 bridgehead atoms. The van der Waals surface area contributed by atoms with E-state index in [-0.39, 0.29) is 16.8 Å². The zero-order valence-electron chi connectivity index (χ0n) is 11.4. The second-order valence-corrected chi connectivity index (χ2v) is 5.91. The Morgan fingerprint density at radius 2 is 1.83 bits per heavy atom. The van der Waals surface area contributed by atoms with Crippen molar-refractivity contribution in [1.82, 2.24) is 0 Å². The van der Waals surface area contributed by atoms with Crippen molar-refractivity contribution in [1.29, 1.82) is 0 Å². The van der Waals surface area contributed by atoms with E-state index < -0.39 is 5.97 Å². The van der Waals surface area contributed by atoms with Gasteiger partial charge in [0.25, 0.3) is 0 Å². The number of aromatic carboxylic acids is 1. The first-order valence-electron chi connectivity index (χ1n) is 6.03. The Balaban J connectivity index is 2.83. The Kier molecular flexibility index (Phi) is 4.28. The molecular formula is C15H20O3. The summed E-state index contributed by atoms with van der Waals surface area (Å²) >= 11 is 0. The van der Waals surface area contributed by atoms with Gasteiger partial charge < -0.3 is 5.11 Å². The summed E-state index contributed by atoms with van der Waals surface area (Å²) < 4.78 is 0. The molecule has 0 unspecified atom stereocenters. The number of aryl methyl sites for hydroxylation is 1. The van der Waals surface area contributed by atoms with Crippen molar-refractivity contribution in [2.75, 3.05) is 0 Å². The highest BCUT2D eigenvalue weighted by Crippen LogP contribution is 2.20. The molecule has 0 amide bonds. The molecule has 0 aromatic heterocycles. The fourth-order valence-electron chi connectivity index (χ4n) is 1.89. The predicted octanol–water partition coefficient (Wildman–Crippen LogP) is 3.24. The second kappa shape index (κ2) is 5.34. The third kappa shape index (κ3) is 4.32. The van der Waals surface area contributed by atoms with E-state index in [0.717, 1.165) is 11.1 Å². The van der Waals surface area contributed by atoms with Crippen molar-refractivity contribution >= 4 is 11.8 Å². The van der Waals surface area contributed by atoms with Gasteiger partial charge in [-0.25, -0.2) is 4.79 Å². The van der Waals surface area contributed by atoms with E-state index >= 15 is 0 Å². The monoisotopic (exact) mass is 248 g/mol. The van der Waals surface area contributed by atoms with Crippen molar-refractivity contribution < 1.29 is 14.7 Å². The molecule has 0 heterocycles. The summed E-state index contributed by atoms with van der Waals surface area (Å²) in [6, 6.07) is 5.17. The molecule has 0 fully saturated rings. The zero-order valence-corrected chi connectivity index (χ0v) is 11.4. The summed E-state index contributed by atoms with van der Waals surface area (Å²) in [6.45, 7) is 7.80. The van der Waals surface area contributed by atoms with E-state index in [9.17, 15) is 9.59 Å². The number of carboxylic acid groups (broad SMARTS) is 1. The lowest BCUT2D eigenvalue weighted by Crippen LogP contribution is -2.15. The van der Waals surface area contributed by atoms with E-state index in [1.54, 1.807) is 19.1 Å². The van der Waals surface area contributed by atoms with Crippen LogP contribution in [0.1, 0.15) is 48.7 Å². The van der Waals surface area contributed by atoms with E-state index in [2.05, 4.69) is 0 Å². The molecule has 0 atom stereocenters. The number of hydrogen-bond donors (Lipinski definition) is 1. The van der Waals surface area contributed by atoms with Crippen LogP contribution in [0.3, 0.4) is 0 Å².